The lowest BCUT2D eigenvalue weighted by molar-refractivity contribution is -0.431. The van der Waals surface area contributed by atoms with Gasteiger partial charge in [-0.05, 0) is 210 Å². The molecule has 0 unspecified atom stereocenters. The van der Waals surface area contributed by atoms with Crippen molar-refractivity contribution in [2.24, 2.45) is 21.7 Å². The van der Waals surface area contributed by atoms with Crippen molar-refractivity contribution in [3.05, 3.63) is 12.2 Å². The van der Waals surface area contributed by atoms with Crippen molar-refractivity contribution >= 4 is 0 Å². The van der Waals surface area contributed by atoms with Gasteiger partial charge in [0.05, 0.1) is 88.5 Å². The molecule has 18 nitrogen and oxygen atoms in total. The van der Waals surface area contributed by atoms with E-state index in [-0.39, 0.29) is 67.2 Å². The highest BCUT2D eigenvalue weighted by atomic mass is 16.8. The van der Waals surface area contributed by atoms with Crippen molar-refractivity contribution in [3.8, 4) is 11.8 Å². The molecule has 0 aromatic heterocycles. The molecule has 606 valence electrons. The monoisotopic (exact) mass is 1460 g/mol. The molecule has 18 heteroatoms. The highest BCUT2D eigenvalue weighted by Gasteiger charge is 2.61. The van der Waals surface area contributed by atoms with E-state index in [1.807, 2.05) is 109 Å². The van der Waals surface area contributed by atoms with Gasteiger partial charge in [0.15, 0.2) is 52.1 Å². The summed E-state index contributed by atoms with van der Waals surface area (Å²) in [4.78, 5) is 0. The molecule has 0 aromatic carbocycles. The van der Waals surface area contributed by atoms with Crippen LogP contribution in [0.4, 0.5) is 0 Å². The van der Waals surface area contributed by atoms with Crippen molar-refractivity contribution in [2.45, 2.75) is 406 Å². The van der Waals surface area contributed by atoms with E-state index in [1.54, 1.807) is 0 Å². The molecule has 0 saturated carbocycles. The van der Waals surface area contributed by atoms with E-state index in [0.717, 1.165) is 117 Å². The predicted octanol–water partition coefficient (Wildman–Crippen LogP) is 20.6. The molecule has 7 saturated heterocycles. The van der Waals surface area contributed by atoms with Crippen molar-refractivity contribution in [1.29, 1.82) is 0 Å². The van der Waals surface area contributed by atoms with E-state index >= 15 is 0 Å². The fraction of sp³-hybridized carbons (Fsp3) is 0.952. The Morgan fingerprint density at radius 2 is 0.422 bits per heavy atom. The quantitative estimate of drug-likeness (QED) is 0.166. The van der Waals surface area contributed by atoms with Crippen molar-refractivity contribution in [3.63, 3.8) is 0 Å². The maximum absolute atomic E-state index is 6.50. The fourth-order valence-electron chi connectivity index (χ4n) is 14.1. The Labute approximate surface area is 626 Å². The summed E-state index contributed by atoms with van der Waals surface area (Å²) >= 11 is 0. The molecule has 0 atom stereocenters. The van der Waals surface area contributed by atoms with Gasteiger partial charge in [0, 0.05) is 73.8 Å². The van der Waals surface area contributed by atoms with Gasteiger partial charge in [-0.1, -0.05) is 108 Å². The molecule has 0 spiro atoms. The molecule has 0 aromatic rings. The van der Waals surface area contributed by atoms with Gasteiger partial charge in [-0.15, -0.1) is 11.8 Å². The van der Waals surface area contributed by atoms with Gasteiger partial charge in [-0.3, -0.25) is 0 Å². The smallest absolute Gasteiger partial charge is 0.179 e. The zero-order chi connectivity index (χ0) is 78.6. The highest BCUT2D eigenvalue weighted by molar-refractivity contribution is 5.03. The van der Waals surface area contributed by atoms with Gasteiger partial charge in [0.25, 0.3) is 0 Å². The van der Waals surface area contributed by atoms with Crippen molar-refractivity contribution in [1.82, 2.24) is 0 Å². The van der Waals surface area contributed by atoms with Gasteiger partial charge in [0.2, 0.25) is 0 Å². The summed E-state index contributed by atoms with van der Waals surface area (Å²) < 4.78 is 101. The summed E-state index contributed by atoms with van der Waals surface area (Å²) in [5.41, 5.74) is -0.640. The van der Waals surface area contributed by atoms with Gasteiger partial charge < -0.3 is 85.3 Å². The molecule has 9 heterocycles. The molecule has 7 fully saturated rings. The molecule has 102 heavy (non-hydrogen) atoms. The Hall–Kier alpha value is -1.42. The molecule has 0 bridgehead atoms. The predicted molar refractivity (Wildman–Crippen MR) is 412 cm³/mol. The molecule has 9 aliphatic heterocycles. The minimum Gasteiger partial charge on any atom is -0.351 e. The summed E-state index contributed by atoms with van der Waals surface area (Å²) in [6, 6.07) is 0. The van der Waals surface area contributed by atoms with Crippen LogP contribution in [0.1, 0.15) is 332 Å². The first-order chi connectivity index (χ1) is 46.2. The molecule has 0 radical (unpaired) electrons. The average molecular weight is 1460 g/mol. The minimum absolute atomic E-state index is 0.00562. The van der Waals surface area contributed by atoms with Crippen LogP contribution >= 0.6 is 0 Å². The lowest BCUT2D eigenvalue weighted by atomic mass is 9.68. The van der Waals surface area contributed by atoms with E-state index in [9.17, 15) is 0 Å². The number of ether oxygens (including phenoxy) is 18. The Morgan fingerprint density at radius 1 is 0.216 bits per heavy atom. The molecular formula is C84H162O18. The lowest BCUT2D eigenvalue weighted by Crippen LogP contribution is -2.67. The molecule has 0 aliphatic carbocycles. The zero-order valence-electron chi connectivity index (χ0n) is 72.5. The van der Waals surface area contributed by atoms with Gasteiger partial charge in [0.1, 0.15) is 0 Å². The van der Waals surface area contributed by atoms with Gasteiger partial charge >= 0.3 is 0 Å². The molecule has 0 amide bonds. The zero-order valence-corrected chi connectivity index (χ0v) is 72.5. The second-order valence-corrected chi connectivity index (χ2v) is 37.9. The molecule has 0 N–H and O–H groups in total. The van der Waals surface area contributed by atoms with Crippen LogP contribution in [0.5, 0.6) is 0 Å². The van der Waals surface area contributed by atoms with Crippen LogP contribution in [0.25, 0.3) is 0 Å². The van der Waals surface area contributed by atoms with Crippen LogP contribution in [0.15, 0.2) is 12.2 Å². The third kappa shape index (κ3) is 41.4. The molecule has 9 aliphatic rings. The Bertz CT molecular complexity index is 2190. The first-order valence-corrected chi connectivity index (χ1v) is 39.1. The highest BCUT2D eigenvalue weighted by Crippen LogP contribution is 2.56. The van der Waals surface area contributed by atoms with E-state index in [0.29, 0.717) is 26.4 Å². The Balaban J connectivity index is 0.000000579. The lowest BCUT2D eigenvalue weighted by Gasteiger charge is -2.61. The van der Waals surface area contributed by atoms with Gasteiger partial charge in [-0.2, -0.15) is 0 Å². The summed E-state index contributed by atoms with van der Waals surface area (Å²) in [7, 11) is 0. The summed E-state index contributed by atoms with van der Waals surface area (Å²) in [6.07, 6.45) is 20.2. The van der Waals surface area contributed by atoms with Crippen LogP contribution in [-0.2, 0) is 85.3 Å². The van der Waals surface area contributed by atoms with Crippen LogP contribution < -0.4 is 0 Å². The topological polar surface area (TPSA) is 166 Å². The second-order valence-electron chi connectivity index (χ2n) is 37.9. The SMILES string of the molecule is CC(C)(C)C1(C(C)(C)C)OCCCO1.CC1(C)CC(C)(C)OC(C(C)(C)C)(C(C)(C)C)O1.CC1(C)CC(C)(C)OC(C)(C)O1.CC1(C)OCC=CCO1.CC1(C)OCCC#CCCO1.CC1(C)OCCCCCCO1.CC1(C)OCCCCCO1.CC1(C)OCCCCO1.CC1(C)OCCCO1. The summed E-state index contributed by atoms with van der Waals surface area (Å²) in [6.45, 7) is 81.8. The normalized spacial score (nSPS) is 26.6. The van der Waals surface area contributed by atoms with E-state index < -0.39 is 28.9 Å². The van der Waals surface area contributed by atoms with Crippen LogP contribution in [0, 0.1) is 33.5 Å². The summed E-state index contributed by atoms with van der Waals surface area (Å²) in [5, 5.41) is 0. The van der Waals surface area contributed by atoms with Crippen LogP contribution in [0.3, 0.4) is 0 Å². The third-order valence-electron chi connectivity index (χ3n) is 17.4. The van der Waals surface area contributed by atoms with E-state index in [4.69, 9.17) is 85.3 Å². The fourth-order valence-corrected chi connectivity index (χ4v) is 14.1. The average Bonchev–Trinajstić information content (AvgIpc) is 0.759. The van der Waals surface area contributed by atoms with Gasteiger partial charge in [-0.25, -0.2) is 0 Å². The molecular weight excluding hydrogens is 1300 g/mol. The van der Waals surface area contributed by atoms with Crippen LogP contribution in [0.2, 0.25) is 0 Å². The minimum atomic E-state index is -0.578. The largest absolute Gasteiger partial charge is 0.351 e. The van der Waals surface area contributed by atoms with Crippen LogP contribution in [-0.4, -0.2) is 167 Å². The van der Waals surface area contributed by atoms with Crippen molar-refractivity contribution in [2.75, 3.05) is 92.5 Å². The first kappa shape index (κ1) is 98.6. The number of hydrogen-bond donors (Lipinski definition) is 0. The summed E-state index contributed by atoms with van der Waals surface area (Å²) in [5.74, 6) is 2.34. The third-order valence-corrected chi connectivity index (χ3v) is 17.4. The molecule has 9 rings (SSSR count). The standard InChI is InChI=1S/C16H32O2.C12H24O2.C10H20O2.C9H18O2.C9H14O2.C8H16O2.C7H14O2.C7H12O2.C6H12O2/c1-12(2,3)16(13(4,5)6)17-14(7,8)11-15(9,10)18-16;1-10(2,3)12(11(4,5)6)13-8-7-9-14-12;1-8(2)7-9(3,4)12-10(5,6)11-8;2*1-9(2)10-7-5-3-4-6-8-11-9;1-8(2)9-6-4-3-5-7-10-8;2*1-7(2)8-5-3-4-6-9-7;1-6(2)7-4-3-5-8-6/h11H2,1-10H3;7-9H2,1-6H3;7H2,1-6H3;3-8H2,1-2H3;5-8H2,1-2H3;3-7H2,1-2H3;3-6H2,1-2H3;3-4H,5-6H2,1-2H3;3-5H2,1-2H3. The second kappa shape index (κ2) is 42.1. The van der Waals surface area contributed by atoms with E-state index in [1.165, 1.54) is 44.9 Å². The number of hydrogen-bond acceptors (Lipinski definition) is 18. The first-order valence-electron chi connectivity index (χ1n) is 39.1. The Morgan fingerprint density at radius 3 is 0.657 bits per heavy atom. The maximum Gasteiger partial charge on any atom is 0.179 e. The van der Waals surface area contributed by atoms with Crippen molar-refractivity contribution < 1.29 is 85.3 Å². The van der Waals surface area contributed by atoms with E-state index in [2.05, 4.69) is 150 Å². The Kier molecular flexibility index (Phi) is 40.7. The maximum atomic E-state index is 6.50. The number of rotatable bonds is 0.